The molecule has 0 saturated heterocycles. The van der Waals surface area contributed by atoms with Gasteiger partial charge in [0.15, 0.2) is 5.78 Å². The quantitative estimate of drug-likeness (QED) is 0.388. The summed E-state index contributed by atoms with van der Waals surface area (Å²) in [5, 5.41) is 15.8. The molecule has 4 N–H and O–H groups in total. The zero-order valence-corrected chi connectivity index (χ0v) is 15.4. The molecule has 9 nitrogen and oxygen atoms in total. The van der Waals surface area contributed by atoms with E-state index in [1.807, 2.05) is 0 Å². The molecule has 146 valence electrons. The monoisotopic (exact) mass is 377 g/mol. The Morgan fingerprint density at radius 2 is 1.56 bits per heavy atom. The summed E-state index contributed by atoms with van der Waals surface area (Å²) in [5.41, 5.74) is 0.805. The minimum atomic E-state index is -0.994. The van der Waals surface area contributed by atoms with Crippen LogP contribution < -0.4 is 16.0 Å². The maximum absolute atomic E-state index is 12.0. The Kier molecular flexibility index (Phi) is 8.12. The van der Waals surface area contributed by atoms with E-state index in [1.165, 1.54) is 38.1 Å². The average molecular weight is 377 g/mol. The number of amides is 3. The number of carbonyl (C=O) groups is 5. The van der Waals surface area contributed by atoms with E-state index in [0.29, 0.717) is 11.3 Å². The molecule has 0 saturated carbocycles. The molecule has 1 rings (SSSR count). The molecular formula is C18H23N3O6. The van der Waals surface area contributed by atoms with Crippen molar-refractivity contribution in [1.82, 2.24) is 10.6 Å². The van der Waals surface area contributed by atoms with Crippen LogP contribution in [0.15, 0.2) is 24.3 Å². The first kappa shape index (κ1) is 21.8. The SMILES string of the molecule is CC(=O)c1ccc(NC(=O)C(=O)N[C@@H](C)C(=O)N[C@H](C)CCC(=O)O)cc1. The molecule has 0 radical (unpaired) electrons. The van der Waals surface area contributed by atoms with Gasteiger partial charge < -0.3 is 21.1 Å². The summed E-state index contributed by atoms with van der Waals surface area (Å²) in [6, 6.07) is 4.65. The second-order valence-electron chi connectivity index (χ2n) is 6.12. The zero-order valence-electron chi connectivity index (χ0n) is 15.4. The highest BCUT2D eigenvalue weighted by Crippen LogP contribution is 2.09. The molecule has 0 fully saturated rings. The van der Waals surface area contributed by atoms with Crippen molar-refractivity contribution in [1.29, 1.82) is 0 Å². The number of benzene rings is 1. The molecule has 3 amide bonds. The van der Waals surface area contributed by atoms with Crippen molar-refractivity contribution < 1.29 is 29.1 Å². The standard InChI is InChI=1S/C18H23N3O6/c1-10(4-9-15(23)24)19-16(25)11(2)20-17(26)18(27)21-14-7-5-13(6-8-14)12(3)22/h5-8,10-11H,4,9H2,1-3H3,(H,19,25)(H,20,26)(H,21,27)(H,23,24)/t10-,11+/m1/s1. The molecule has 0 aliphatic rings. The first-order chi connectivity index (χ1) is 12.6. The predicted octanol–water partition coefficient (Wildman–Crippen LogP) is 0.702. The van der Waals surface area contributed by atoms with Crippen LogP contribution in [0, 0.1) is 0 Å². The summed E-state index contributed by atoms with van der Waals surface area (Å²) >= 11 is 0. The molecule has 0 aromatic heterocycles. The first-order valence-corrected chi connectivity index (χ1v) is 8.35. The average Bonchev–Trinajstić information content (AvgIpc) is 2.60. The molecule has 2 atom stereocenters. The van der Waals surface area contributed by atoms with Crippen molar-refractivity contribution in [2.24, 2.45) is 0 Å². The van der Waals surface area contributed by atoms with E-state index in [2.05, 4.69) is 16.0 Å². The number of carboxylic acid groups (broad SMARTS) is 1. The lowest BCUT2D eigenvalue weighted by Gasteiger charge is -2.18. The van der Waals surface area contributed by atoms with E-state index in [9.17, 15) is 24.0 Å². The van der Waals surface area contributed by atoms with Gasteiger partial charge in [0.05, 0.1) is 0 Å². The highest BCUT2D eigenvalue weighted by Gasteiger charge is 2.21. The van der Waals surface area contributed by atoms with Crippen molar-refractivity contribution in [3.63, 3.8) is 0 Å². The fourth-order valence-corrected chi connectivity index (χ4v) is 2.08. The number of hydrogen-bond acceptors (Lipinski definition) is 5. The number of carboxylic acids is 1. The maximum Gasteiger partial charge on any atom is 0.313 e. The lowest BCUT2D eigenvalue weighted by molar-refractivity contribution is -0.138. The highest BCUT2D eigenvalue weighted by molar-refractivity contribution is 6.40. The lowest BCUT2D eigenvalue weighted by Crippen LogP contribution is -2.50. The summed E-state index contributed by atoms with van der Waals surface area (Å²) in [6.07, 6.45) is 0.158. The van der Waals surface area contributed by atoms with Gasteiger partial charge in [-0.3, -0.25) is 24.0 Å². The number of carbonyl (C=O) groups excluding carboxylic acids is 4. The molecule has 1 aromatic carbocycles. The van der Waals surface area contributed by atoms with Gasteiger partial charge in [-0.1, -0.05) is 0 Å². The predicted molar refractivity (Wildman–Crippen MR) is 97.2 cm³/mol. The van der Waals surface area contributed by atoms with Crippen LogP contribution in [0.25, 0.3) is 0 Å². The third-order valence-corrected chi connectivity index (χ3v) is 3.68. The largest absolute Gasteiger partial charge is 0.481 e. The molecule has 1 aromatic rings. The molecule has 9 heteroatoms. The Morgan fingerprint density at radius 3 is 2.07 bits per heavy atom. The number of hydrogen-bond donors (Lipinski definition) is 4. The maximum atomic E-state index is 12.0. The normalized spacial score (nSPS) is 12.4. The molecule has 0 heterocycles. The molecule has 0 spiro atoms. The molecule has 0 bridgehead atoms. The van der Waals surface area contributed by atoms with Gasteiger partial charge in [0.25, 0.3) is 0 Å². The number of aliphatic carboxylic acids is 1. The lowest BCUT2D eigenvalue weighted by atomic mass is 10.1. The Morgan fingerprint density at radius 1 is 0.963 bits per heavy atom. The van der Waals surface area contributed by atoms with Gasteiger partial charge in [-0.05, 0) is 51.5 Å². The van der Waals surface area contributed by atoms with Gasteiger partial charge in [0.2, 0.25) is 5.91 Å². The van der Waals surface area contributed by atoms with E-state index < -0.39 is 29.7 Å². The van der Waals surface area contributed by atoms with Gasteiger partial charge >= 0.3 is 17.8 Å². The zero-order chi connectivity index (χ0) is 20.6. The smallest absolute Gasteiger partial charge is 0.313 e. The van der Waals surface area contributed by atoms with E-state index in [4.69, 9.17) is 5.11 Å². The van der Waals surface area contributed by atoms with Gasteiger partial charge in [-0.2, -0.15) is 0 Å². The molecule has 27 heavy (non-hydrogen) atoms. The van der Waals surface area contributed by atoms with Gasteiger partial charge in [0, 0.05) is 23.7 Å². The number of Topliss-reactive ketones (excluding diaryl/α,β-unsaturated/α-hetero) is 1. The van der Waals surface area contributed by atoms with E-state index in [-0.39, 0.29) is 24.7 Å². The number of anilines is 1. The molecular weight excluding hydrogens is 354 g/mol. The van der Waals surface area contributed by atoms with Crippen molar-refractivity contribution in [3.05, 3.63) is 29.8 Å². The third kappa shape index (κ3) is 7.68. The Labute approximate surface area is 156 Å². The third-order valence-electron chi connectivity index (χ3n) is 3.68. The topological polar surface area (TPSA) is 142 Å². The highest BCUT2D eigenvalue weighted by atomic mass is 16.4. The van der Waals surface area contributed by atoms with Crippen LogP contribution in [0.1, 0.15) is 44.0 Å². The minimum Gasteiger partial charge on any atom is -0.481 e. The van der Waals surface area contributed by atoms with Crippen LogP contribution in [0.5, 0.6) is 0 Å². The number of rotatable bonds is 8. The minimum absolute atomic E-state index is 0.0903. The fraction of sp³-hybridized carbons (Fsp3) is 0.389. The molecule has 0 aliphatic heterocycles. The molecule has 0 aliphatic carbocycles. The van der Waals surface area contributed by atoms with E-state index >= 15 is 0 Å². The van der Waals surface area contributed by atoms with Gasteiger partial charge in [-0.15, -0.1) is 0 Å². The summed E-state index contributed by atoms with van der Waals surface area (Å²) in [7, 11) is 0. The first-order valence-electron chi connectivity index (χ1n) is 8.35. The van der Waals surface area contributed by atoms with Crippen molar-refractivity contribution in [3.8, 4) is 0 Å². The Hall–Kier alpha value is -3.23. The Bertz CT molecular complexity index is 729. The van der Waals surface area contributed by atoms with E-state index in [1.54, 1.807) is 6.92 Å². The Balaban J connectivity index is 2.51. The van der Waals surface area contributed by atoms with Crippen LogP contribution in [-0.4, -0.2) is 46.7 Å². The van der Waals surface area contributed by atoms with Crippen LogP contribution in [0.2, 0.25) is 0 Å². The molecule has 0 unspecified atom stereocenters. The second kappa shape index (κ2) is 10.0. The van der Waals surface area contributed by atoms with Crippen LogP contribution in [0.3, 0.4) is 0 Å². The summed E-state index contributed by atoms with van der Waals surface area (Å²) in [6.45, 7) is 4.47. The van der Waals surface area contributed by atoms with Crippen LogP contribution in [-0.2, 0) is 19.2 Å². The van der Waals surface area contributed by atoms with Crippen LogP contribution in [0.4, 0.5) is 5.69 Å². The van der Waals surface area contributed by atoms with Crippen molar-refractivity contribution >= 4 is 35.2 Å². The summed E-state index contributed by atoms with van der Waals surface area (Å²) in [4.78, 5) is 57.5. The van der Waals surface area contributed by atoms with E-state index in [0.717, 1.165) is 0 Å². The number of ketones is 1. The van der Waals surface area contributed by atoms with Crippen LogP contribution >= 0.6 is 0 Å². The second-order valence-corrected chi connectivity index (χ2v) is 6.12. The summed E-state index contributed by atoms with van der Waals surface area (Å²) < 4.78 is 0. The number of nitrogens with one attached hydrogen (secondary N) is 3. The van der Waals surface area contributed by atoms with Gasteiger partial charge in [-0.25, -0.2) is 0 Å². The fourth-order valence-electron chi connectivity index (χ4n) is 2.08. The summed E-state index contributed by atoms with van der Waals surface area (Å²) in [5.74, 6) is -3.57. The van der Waals surface area contributed by atoms with Crippen molar-refractivity contribution in [2.75, 3.05) is 5.32 Å². The van der Waals surface area contributed by atoms with Gasteiger partial charge in [0.1, 0.15) is 6.04 Å². The van der Waals surface area contributed by atoms with Crippen molar-refractivity contribution in [2.45, 2.75) is 45.7 Å².